The number of aromatic nitrogens is 1. The van der Waals surface area contributed by atoms with E-state index < -0.39 is 0 Å². The molecule has 4 heteroatoms. The molecule has 0 saturated carbocycles. The highest BCUT2D eigenvalue weighted by atomic mass is 32.1. The maximum Gasteiger partial charge on any atom is 0.215 e. The summed E-state index contributed by atoms with van der Waals surface area (Å²) in [6.07, 6.45) is 0. The lowest BCUT2D eigenvalue weighted by molar-refractivity contribution is 0.103. The zero-order chi connectivity index (χ0) is 12.3. The van der Waals surface area contributed by atoms with Gasteiger partial charge in [-0.2, -0.15) is 0 Å². The molecule has 88 valence electrons. The maximum atomic E-state index is 12.2. The number of benzene rings is 1. The summed E-state index contributed by atoms with van der Waals surface area (Å²) in [5.41, 5.74) is 1.05. The number of hydrogen-bond donors (Lipinski definition) is 0. The Morgan fingerprint density at radius 1 is 1.41 bits per heavy atom. The molecule has 0 aliphatic carbocycles. The molecule has 0 aliphatic rings. The highest BCUT2D eigenvalue weighted by Gasteiger charge is 2.16. The summed E-state index contributed by atoms with van der Waals surface area (Å²) in [4.78, 5) is 16.4. The fraction of sp³-hybridized carbons (Fsp3) is 0.231. The van der Waals surface area contributed by atoms with Gasteiger partial charge in [0.15, 0.2) is 0 Å². The molecule has 0 saturated heterocycles. The first-order valence-corrected chi connectivity index (χ1v) is 6.29. The molecule has 0 bridgehead atoms. The number of ketones is 1. The lowest BCUT2D eigenvalue weighted by atomic mass is 10.1. The van der Waals surface area contributed by atoms with Crippen LogP contribution in [0, 0.1) is 6.92 Å². The van der Waals surface area contributed by atoms with Gasteiger partial charge in [-0.3, -0.25) is 4.79 Å². The van der Waals surface area contributed by atoms with Crippen LogP contribution in [0.5, 0.6) is 5.75 Å². The minimum atomic E-state index is -0.0848. The highest BCUT2D eigenvalue weighted by molar-refractivity contribution is 7.09. The van der Waals surface area contributed by atoms with E-state index in [2.05, 4.69) is 4.98 Å². The quantitative estimate of drug-likeness (QED) is 0.779. The average molecular weight is 247 g/mol. The van der Waals surface area contributed by atoms with Gasteiger partial charge in [-0.25, -0.2) is 4.98 Å². The molecule has 1 aromatic heterocycles. The van der Waals surface area contributed by atoms with Crippen molar-refractivity contribution in [1.82, 2.24) is 4.98 Å². The SMILES string of the molecule is CCOc1ccccc1C(=O)c1csc(C)n1. The predicted octanol–water partition coefficient (Wildman–Crippen LogP) is 3.08. The van der Waals surface area contributed by atoms with Crippen LogP contribution < -0.4 is 4.74 Å². The standard InChI is InChI=1S/C13H13NO2S/c1-3-16-12-7-5-4-6-10(12)13(15)11-8-17-9(2)14-11/h4-8H,3H2,1-2H3. The van der Waals surface area contributed by atoms with Crippen molar-refractivity contribution in [2.75, 3.05) is 6.61 Å². The maximum absolute atomic E-state index is 12.2. The Kier molecular flexibility index (Phi) is 3.54. The number of rotatable bonds is 4. The van der Waals surface area contributed by atoms with Crippen LogP contribution in [0.25, 0.3) is 0 Å². The molecule has 17 heavy (non-hydrogen) atoms. The molecular formula is C13H13NO2S. The van der Waals surface area contributed by atoms with Gasteiger partial charge in [-0.05, 0) is 26.0 Å². The van der Waals surface area contributed by atoms with Crippen molar-refractivity contribution in [3.05, 3.63) is 45.9 Å². The summed E-state index contributed by atoms with van der Waals surface area (Å²) < 4.78 is 5.44. The largest absolute Gasteiger partial charge is 0.493 e. The molecule has 0 amide bonds. The molecule has 2 rings (SSSR count). The van der Waals surface area contributed by atoms with E-state index in [0.717, 1.165) is 5.01 Å². The second-order valence-electron chi connectivity index (χ2n) is 3.51. The summed E-state index contributed by atoms with van der Waals surface area (Å²) in [6, 6.07) is 7.25. The highest BCUT2D eigenvalue weighted by Crippen LogP contribution is 2.22. The summed E-state index contributed by atoms with van der Waals surface area (Å²) in [5.74, 6) is 0.532. The van der Waals surface area contributed by atoms with Crippen molar-refractivity contribution in [3.8, 4) is 5.75 Å². The molecule has 0 atom stereocenters. The first-order valence-electron chi connectivity index (χ1n) is 5.41. The van der Waals surface area contributed by atoms with Crippen LogP contribution in [0.15, 0.2) is 29.6 Å². The Labute approximate surface area is 104 Å². The lowest BCUT2D eigenvalue weighted by Gasteiger charge is -2.07. The molecular weight excluding hydrogens is 234 g/mol. The minimum absolute atomic E-state index is 0.0848. The summed E-state index contributed by atoms with van der Waals surface area (Å²) in [5, 5.41) is 2.67. The molecule has 0 unspecified atom stereocenters. The third kappa shape index (κ3) is 2.53. The Morgan fingerprint density at radius 2 is 2.18 bits per heavy atom. The molecule has 0 radical (unpaired) electrons. The number of carbonyl (C=O) groups excluding carboxylic acids is 1. The van der Waals surface area contributed by atoms with Crippen LogP contribution in [-0.4, -0.2) is 17.4 Å². The number of thiazole rings is 1. The Balaban J connectivity index is 2.36. The van der Waals surface area contributed by atoms with Crippen molar-refractivity contribution >= 4 is 17.1 Å². The zero-order valence-corrected chi connectivity index (χ0v) is 10.6. The van der Waals surface area contributed by atoms with Crippen molar-refractivity contribution in [1.29, 1.82) is 0 Å². The van der Waals surface area contributed by atoms with E-state index in [1.54, 1.807) is 17.5 Å². The Morgan fingerprint density at radius 3 is 2.82 bits per heavy atom. The average Bonchev–Trinajstić information content (AvgIpc) is 2.76. The van der Waals surface area contributed by atoms with Gasteiger partial charge in [0.1, 0.15) is 11.4 Å². The van der Waals surface area contributed by atoms with Gasteiger partial charge in [-0.1, -0.05) is 12.1 Å². The summed E-state index contributed by atoms with van der Waals surface area (Å²) in [7, 11) is 0. The van der Waals surface area contributed by atoms with Crippen molar-refractivity contribution < 1.29 is 9.53 Å². The molecule has 0 N–H and O–H groups in total. The monoisotopic (exact) mass is 247 g/mol. The van der Waals surface area contributed by atoms with Crippen molar-refractivity contribution in [2.45, 2.75) is 13.8 Å². The van der Waals surface area contributed by atoms with Crippen molar-refractivity contribution in [3.63, 3.8) is 0 Å². The molecule has 0 aliphatic heterocycles. The van der Waals surface area contributed by atoms with Gasteiger partial charge in [0.25, 0.3) is 0 Å². The smallest absolute Gasteiger partial charge is 0.215 e. The first kappa shape index (κ1) is 11.8. The normalized spacial score (nSPS) is 10.2. The number of aryl methyl sites for hydroxylation is 1. The lowest BCUT2D eigenvalue weighted by Crippen LogP contribution is -2.05. The fourth-order valence-corrected chi connectivity index (χ4v) is 2.13. The van der Waals surface area contributed by atoms with Crippen LogP contribution in [0.3, 0.4) is 0 Å². The number of hydrogen-bond acceptors (Lipinski definition) is 4. The van der Waals surface area contributed by atoms with Gasteiger partial charge in [0.05, 0.1) is 17.2 Å². The third-order valence-electron chi connectivity index (χ3n) is 2.28. The van der Waals surface area contributed by atoms with E-state index in [1.807, 2.05) is 26.0 Å². The van der Waals surface area contributed by atoms with Crippen LogP contribution in [-0.2, 0) is 0 Å². The van der Waals surface area contributed by atoms with Crippen LogP contribution in [0.4, 0.5) is 0 Å². The molecule has 3 nitrogen and oxygen atoms in total. The van der Waals surface area contributed by atoms with E-state index in [1.165, 1.54) is 11.3 Å². The molecule has 0 spiro atoms. The zero-order valence-electron chi connectivity index (χ0n) is 9.77. The van der Waals surface area contributed by atoms with E-state index in [0.29, 0.717) is 23.6 Å². The third-order valence-corrected chi connectivity index (χ3v) is 3.06. The first-order chi connectivity index (χ1) is 8.22. The van der Waals surface area contributed by atoms with Gasteiger partial charge < -0.3 is 4.74 Å². The molecule has 1 aromatic carbocycles. The predicted molar refractivity (Wildman–Crippen MR) is 67.9 cm³/mol. The molecule has 0 fully saturated rings. The second-order valence-corrected chi connectivity index (χ2v) is 4.57. The van der Waals surface area contributed by atoms with Crippen LogP contribution in [0.1, 0.15) is 28.0 Å². The van der Waals surface area contributed by atoms with E-state index in [-0.39, 0.29) is 5.78 Å². The van der Waals surface area contributed by atoms with Gasteiger partial charge >= 0.3 is 0 Å². The summed E-state index contributed by atoms with van der Waals surface area (Å²) >= 11 is 1.47. The van der Waals surface area contributed by atoms with Gasteiger partial charge in [0, 0.05) is 5.38 Å². The minimum Gasteiger partial charge on any atom is -0.493 e. The number of nitrogens with zero attached hydrogens (tertiary/aromatic N) is 1. The number of carbonyl (C=O) groups is 1. The second kappa shape index (κ2) is 5.10. The van der Waals surface area contributed by atoms with Gasteiger partial charge in [0.2, 0.25) is 5.78 Å². The van der Waals surface area contributed by atoms with E-state index in [4.69, 9.17) is 4.74 Å². The topological polar surface area (TPSA) is 39.2 Å². The van der Waals surface area contributed by atoms with Crippen molar-refractivity contribution in [2.24, 2.45) is 0 Å². The van der Waals surface area contributed by atoms with Gasteiger partial charge in [-0.15, -0.1) is 11.3 Å². The molecule has 2 aromatic rings. The van der Waals surface area contributed by atoms with Crippen LogP contribution >= 0.6 is 11.3 Å². The summed E-state index contributed by atoms with van der Waals surface area (Å²) in [6.45, 7) is 4.32. The van der Waals surface area contributed by atoms with E-state index in [9.17, 15) is 4.79 Å². The number of para-hydroxylation sites is 1. The van der Waals surface area contributed by atoms with E-state index >= 15 is 0 Å². The Bertz CT molecular complexity index is 534. The number of ether oxygens (including phenoxy) is 1. The fourth-order valence-electron chi connectivity index (χ4n) is 1.54. The van der Waals surface area contributed by atoms with Crippen LogP contribution in [0.2, 0.25) is 0 Å². The Hall–Kier alpha value is -1.68. The molecule has 1 heterocycles.